The van der Waals surface area contributed by atoms with E-state index in [0.717, 1.165) is 0 Å². The molecule has 0 radical (unpaired) electrons. The molecule has 156 valence electrons. The van der Waals surface area contributed by atoms with Gasteiger partial charge in [-0.1, -0.05) is 11.6 Å². The van der Waals surface area contributed by atoms with Crippen LogP contribution in [0.3, 0.4) is 0 Å². The molecule has 0 bridgehead atoms. The van der Waals surface area contributed by atoms with Gasteiger partial charge >= 0.3 is 5.97 Å². The lowest BCUT2D eigenvalue weighted by Crippen LogP contribution is -2.36. The Morgan fingerprint density at radius 2 is 1.80 bits per heavy atom. The van der Waals surface area contributed by atoms with Crippen LogP contribution in [0.2, 0.25) is 5.02 Å². The quantitative estimate of drug-likeness (QED) is 0.645. The number of aromatic nitrogens is 2. The molecule has 8 nitrogen and oxygen atoms in total. The van der Waals surface area contributed by atoms with Gasteiger partial charge in [-0.15, -0.1) is 0 Å². The number of hydrogen-bond donors (Lipinski definition) is 1. The molecule has 0 saturated heterocycles. The highest BCUT2D eigenvalue weighted by atomic mass is 35.5. The van der Waals surface area contributed by atoms with E-state index in [9.17, 15) is 18.3 Å². The van der Waals surface area contributed by atoms with Crippen molar-refractivity contribution in [2.75, 3.05) is 13.7 Å². The van der Waals surface area contributed by atoms with Crippen LogP contribution in [0, 0.1) is 0 Å². The van der Waals surface area contributed by atoms with Crippen molar-refractivity contribution in [1.29, 1.82) is 0 Å². The second-order valence-corrected chi connectivity index (χ2v) is 9.11. The summed E-state index contributed by atoms with van der Waals surface area (Å²) < 4.78 is 34.1. The number of methoxy groups -OCH3 is 1. The molecule has 0 saturated carbocycles. The van der Waals surface area contributed by atoms with E-state index in [1.54, 1.807) is 41.1 Å². The molecule has 1 aliphatic heterocycles. The van der Waals surface area contributed by atoms with Crippen LogP contribution in [0.25, 0.3) is 5.69 Å². The Morgan fingerprint density at radius 3 is 2.40 bits per heavy atom. The number of carboxylic acids is 1. The fourth-order valence-corrected chi connectivity index (χ4v) is 5.00. The van der Waals surface area contributed by atoms with E-state index in [2.05, 4.69) is 5.10 Å². The highest BCUT2D eigenvalue weighted by molar-refractivity contribution is 7.89. The third-order valence-electron chi connectivity index (χ3n) is 4.99. The van der Waals surface area contributed by atoms with Crippen LogP contribution in [0.4, 0.5) is 0 Å². The summed E-state index contributed by atoms with van der Waals surface area (Å²) in [5.41, 5.74) is 1.57. The van der Waals surface area contributed by atoms with Crippen LogP contribution in [0.15, 0.2) is 53.4 Å². The second kappa shape index (κ2) is 7.75. The summed E-state index contributed by atoms with van der Waals surface area (Å²) in [5, 5.41) is 14.4. The predicted molar refractivity (Wildman–Crippen MR) is 110 cm³/mol. The van der Waals surface area contributed by atoms with Crippen LogP contribution < -0.4 is 4.74 Å². The number of nitrogens with zero attached hydrogens (tertiary/aromatic N) is 3. The summed E-state index contributed by atoms with van der Waals surface area (Å²) in [6, 6.07) is 12.9. The van der Waals surface area contributed by atoms with Gasteiger partial charge in [0, 0.05) is 30.1 Å². The molecule has 2 aromatic carbocycles. The molecule has 2 heterocycles. The van der Waals surface area contributed by atoms with Crippen LogP contribution >= 0.6 is 11.6 Å². The topological polar surface area (TPSA) is 102 Å². The maximum atomic E-state index is 13.1. The van der Waals surface area contributed by atoms with E-state index in [0.29, 0.717) is 34.1 Å². The third kappa shape index (κ3) is 3.55. The fraction of sp³-hybridized carbons (Fsp3) is 0.200. The highest BCUT2D eigenvalue weighted by Crippen LogP contribution is 2.30. The van der Waals surface area contributed by atoms with Crippen molar-refractivity contribution in [2.45, 2.75) is 17.9 Å². The minimum atomic E-state index is -3.80. The maximum absolute atomic E-state index is 13.1. The maximum Gasteiger partial charge on any atom is 0.356 e. The Hall–Kier alpha value is -2.88. The average Bonchev–Trinajstić information content (AvgIpc) is 3.13. The first-order chi connectivity index (χ1) is 14.3. The van der Waals surface area contributed by atoms with Crippen molar-refractivity contribution in [1.82, 2.24) is 14.1 Å². The first kappa shape index (κ1) is 20.4. The molecule has 10 heteroatoms. The smallest absolute Gasteiger partial charge is 0.356 e. The van der Waals surface area contributed by atoms with Gasteiger partial charge in [-0.25, -0.2) is 17.9 Å². The summed E-state index contributed by atoms with van der Waals surface area (Å²) in [6.07, 6.45) is 0.327. The summed E-state index contributed by atoms with van der Waals surface area (Å²) in [6.45, 7) is 0.138. The van der Waals surface area contributed by atoms with E-state index in [1.165, 1.54) is 23.5 Å². The number of sulfonamides is 1. The first-order valence-corrected chi connectivity index (χ1v) is 10.9. The van der Waals surface area contributed by atoms with Crippen LogP contribution in [0.5, 0.6) is 5.75 Å². The Labute approximate surface area is 178 Å². The number of carboxylic acid groups (broad SMARTS) is 1. The number of halogens is 1. The molecule has 1 aromatic heterocycles. The molecule has 0 unspecified atom stereocenters. The number of rotatable bonds is 5. The predicted octanol–water partition coefficient (Wildman–Crippen LogP) is 2.98. The Kier molecular flexibility index (Phi) is 5.27. The van der Waals surface area contributed by atoms with Crippen molar-refractivity contribution in [3.05, 3.63) is 70.5 Å². The molecular weight excluding hydrogens is 430 g/mol. The van der Waals surface area contributed by atoms with Crippen molar-refractivity contribution in [2.24, 2.45) is 0 Å². The van der Waals surface area contributed by atoms with Crippen molar-refractivity contribution < 1.29 is 23.1 Å². The largest absolute Gasteiger partial charge is 0.497 e. The van der Waals surface area contributed by atoms with Crippen LogP contribution in [0.1, 0.15) is 21.7 Å². The summed E-state index contributed by atoms with van der Waals surface area (Å²) in [4.78, 5) is 11.9. The van der Waals surface area contributed by atoms with Gasteiger partial charge in [-0.2, -0.15) is 9.40 Å². The number of aromatic carboxylic acids is 1. The van der Waals surface area contributed by atoms with E-state index in [4.69, 9.17) is 16.3 Å². The van der Waals surface area contributed by atoms with Gasteiger partial charge in [0.25, 0.3) is 0 Å². The summed E-state index contributed by atoms with van der Waals surface area (Å²) >= 11 is 5.94. The van der Waals surface area contributed by atoms with E-state index in [-0.39, 0.29) is 23.7 Å². The number of carbonyl (C=O) groups is 1. The van der Waals surface area contributed by atoms with Crippen LogP contribution in [-0.4, -0.2) is 47.2 Å². The zero-order valence-corrected chi connectivity index (χ0v) is 17.5. The number of fused-ring (bicyclic) bond motifs is 1. The van der Waals surface area contributed by atoms with Crippen molar-refractivity contribution in [3.8, 4) is 11.4 Å². The molecule has 0 atom stereocenters. The average molecular weight is 448 g/mol. The van der Waals surface area contributed by atoms with Gasteiger partial charge in [-0.05, 0) is 48.5 Å². The Balaban J connectivity index is 1.72. The Morgan fingerprint density at radius 1 is 1.13 bits per heavy atom. The normalized spacial score (nSPS) is 14.3. The molecule has 0 spiro atoms. The number of ether oxygens (including phenoxy) is 1. The second-order valence-electron chi connectivity index (χ2n) is 6.73. The first-order valence-electron chi connectivity index (χ1n) is 9.05. The lowest BCUT2D eigenvalue weighted by molar-refractivity contribution is 0.0688. The van der Waals surface area contributed by atoms with Gasteiger partial charge in [-0.3, -0.25) is 0 Å². The summed E-state index contributed by atoms with van der Waals surface area (Å²) in [7, 11) is -2.30. The third-order valence-corrected chi connectivity index (χ3v) is 7.10. The monoisotopic (exact) mass is 447 g/mol. The van der Waals surface area contributed by atoms with Gasteiger partial charge in [0.05, 0.1) is 23.4 Å². The van der Waals surface area contributed by atoms with Crippen molar-refractivity contribution in [3.63, 3.8) is 0 Å². The molecule has 0 amide bonds. The van der Waals surface area contributed by atoms with Crippen LogP contribution in [-0.2, 0) is 23.0 Å². The fourth-order valence-electron chi connectivity index (χ4n) is 3.46. The lowest BCUT2D eigenvalue weighted by Gasteiger charge is -2.27. The molecule has 30 heavy (non-hydrogen) atoms. The van der Waals surface area contributed by atoms with Gasteiger partial charge in [0.2, 0.25) is 10.0 Å². The van der Waals surface area contributed by atoms with Gasteiger partial charge in [0.1, 0.15) is 5.75 Å². The number of hydrogen-bond acceptors (Lipinski definition) is 5. The van der Waals surface area contributed by atoms with E-state index in [1.807, 2.05) is 0 Å². The lowest BCUT2D eigenvalue weighted by atomic mass is 10.1. The van der Waals surface area contributed by atoms with E-state index < -0.39 is 16.0 Å². The van der Waals surface area contributed by atoms with E-state index >= 15 is 0 Å². The highest BCUT2D eigenvalue weighted by Gasteiger charge is 2.34. The molecule has 1 aliphatic rings. The zero-order valence-electron chi connectivity index (χ0n) is 15.9. The Bertz CT molecular complexity index is 1200. The minimum absolute atomic E-state index is 0.0705. The zero-order chi connectivity index (χ0) is 21.5. The van der Waals surface area contributed by atoms with Crippen molar-refractivity contribution >= 4 is 27.6 Å². The molecule has 4 rings (SSSR count). The summed E-state index contributed by atoms with van der Waals surface area (Å²) in [5.74, 6) is -0.657. The molecule has 0 fully saturated rings. The molecular formula is C20H18ClN3O5S. The van der Waals surface area contributed by atoms with Gasteiger partial charge < -0.3 is 9.84 Å². The number of benzene rings is 2. The standard InChI is InChI=1S/C20H18ClN3O5S/c1-29-15-6-8-16(9-7-15)30(27,28)23-11-10-18-17(12-23)19(20(25)26)22-24(18)14-4-2-13(21)3-5-14/h2-9H,10-12H2,1H3,(H,25,26). The molecule has 0 aliphatic carbocycles. The molecule has 1 N–H and O–H groups in total. The molecule has 3 aromatic rings. The van der Waals surface area contributed by atoms with Gasteiger partial charge in [0.15, 0.2) is 5.69 Å². The SMILES string of the molecule is COc1ccc(S(=O)(=O)N2CCc3c(c(C(=O)O)nn3-c3ccc(Cl)cc3)C2)cc1. The minimum Gasteiger partial charge on any atom is -0.497 e.